The molecule has 0 aliphatic carbocycles. The quantitative estimate of drug-likeness (QED) is 0.429. The lowest BCUT2D eigenvalue weighted by atomic mass is 10.00. The largest absolute Gasteiger partial charge is 0.353 e. The summed E-state index contributed by atoms with van der Waals surface area (Å²) < 4.78 is 1.80. The van der Waals surface area contributed by atoms with E-state index >= 15 is 0 Å². The van der Waals surface area contributed by atoms with Crippen LogP contribution in [0.3, 0.4) is 0 Å². The molecule has 176 valence electrons. The Bertz CT molecular complexity index is 1250. The molecule has 1 unspecified atom stereocenters. The maximum atomic E-state index is 13.0. The van der Waals surface area contributed by atoms with Crippen LogP contribution in [0.25, 0.3) is 5.69 Å². The molecule has 2 N–H and O–H groups in total. The highest BCUT2D eigenvalue weighted by Crippen LogP contribution is 2.30. The maximum absolute atomic E-state index is 13.0. The summed E-state index contributed by atoms with van der Waals surface area (Å²) in [7, 11) is 0. The third-order valence-electron chi connectivity index (χ3n) is 5.99. The SMILES string of the molecule is Cc1ccc([N+](=O)[O-])cc1NC(=O)CN1CCNC(=O)C1c1c(C)nn(-c2ccccc2)c1C. The lowest BCUT2D eigenvalue weighted by Gasteiger charge is -2.34. The first-order valence-electron chi connectivity index (χ1n) is 10.9. The van der Waals surface area contributed by atoms with E-state index in [1.165, 1.54) is 12.1 Å². The molecule has 0 spiro atoms. The predicted octanol–water partition coefficient (Wildman–Crippen LogP) is 2.82. The van der Waals surface area contributed by atoms with Crippen molar-refractivity contribution in [3.05, 3.63) is 81.2 Å². The molecule has 1 aliphatic heterocycles. The van der Waals surface area contributed by atoms with Gasteiger partial charge in [0.25, 0.3) is 5.69 Å². The van der Waals surface area contributed by atoms with Crippen molar-refractivity contribution in [2.75, 3.05) is 25.0 Å². The van der Waals surface area contributed by atoms with E-state index in [-0.39, 0.29) is 24.0 Å². The molecule has 1 aliphatic rings. The molecule has 2 heterocycles. The molecule has 0 saturated carbocycles. The van der Waals surface area contributed by atoms with Gasteiger partial charge in [0.15, 0.2) is 0 Å². The summed E-state index contributed by atoms with van der Waals surface area (Å²) in [5.41, 5.74) is 4.17. The molecule has 2 aromatic carbocycles. The van der Waals surface area contributed by atoms with Gasteiger partial charge in [-0.3, -0.25) is 24.6 Å². The van der Waals surface area contributed by atoms with Crippen LogP contribution >= 0.6 is 0 Å². The van der Waals surface area contributed by atoms with Gasteiger partial charge in [-0.05, 0) is 38.5 Å². The molecular weight excluding hydrogens is 436 g/mol. The molecule has 4 rings (SSSR count). The van der Waals surface area contributed by atoms with Crippen LogP contribution in [0.5, 0.6) is 0 Å². The van der Waals surface area contributed by atoms with Crippen LogP contribution in [-0.4, -0.2) is 51.1 Å². The Balaban J connectivity index is 1.60. The number of para-hydroxylation sites is 1. The van der Waals surface area contributed by atoms with Gasteiger partial charge in [-0.15, -0.1) is 0 Å². The van der Waals surface area contributed by atoms with E-state index in [9.17, 15) is 19.7 Å². The Morgan fingerprint density at radius 1 is 1.21 bits per heavy atom. The van der Waals surface area contributed by atoms with Crippen LogP contribution in [0, 0.1) is 30.9 Å². The second-order valence-electron chi connectivity index (χ2n) is 8.30. The molecule has 34 heavy (non-hydrogen) atoms. The Hall–Kier alpha value is -4.05. The average molecular weight is 463 g/mol. The Morgan fingerprint density at radius 3 is 2.65 bits per heavy atom. The highest BCUT2D eigenvalue weighted by molar-refractivity contribution is 5.94. The van der Waals surface area contributed by atoms with Crippen LogP contribution in [0.2, 0.25) is 0 Å². The molecule has 10 heteroatoms. The summed E-state index contributed by atoms with van der Waals surface area (Å²) in [6.45, 7) is 6.39. The number of aryl methyl sites for hydroxylation is 2. The summed E-state index contributed by atoms with van der Waals surface area (Å²) in [5, 5.41) is 21.4. The first-order chi connectivity index (χ1) is 16.3. The van der Waals surface area contributed by atoms with E-state index in [2.05, 4.69) is 15.7 Å². The van der Waals surface area contributed by atoms with Gasteiger partial charge < -0.3 is 10.6 Å². The summed E-state index contributed by atoms with van der Waals surface area (Å²) >= 11 is 0. The number of hydrogen-bond donors (Lipinski definition) is 2. The van der Waals surface area contributed by atoms with Gasteiger partial charge >= 0.3 is 0 Å². The smallest absolute Gasteiger partial charge is 0.271 e. The van der Waals surface area contributed by atoms with Crippen LogP contribution < -0.4 is 10.6 Å². The summed E-state index contributed by atoms with van der Waals surface area (Å²) in [4.78, 5) is 38.3. The second kappa shape index (κ2) is 9.44. The van der Waals surface area contributed by atoms with Crippen molar-refractivity contribution in [2.45, 2.75) is 26.8 Å². The van der Waals surface area contributed by atoms with Gasteiger partial charge in [0.1, 0.15) is 6.04 Å². The number of rotatable bonds is 6. The summed E-state index contributed by atoms with van der Waals surface area (Å²) in [5.74, 6) is -0.543. The molecule has 0 bridgehead atoms. The predicted molar refractivity (Wildman–Crippen MR) is 127 cm³/mol. The van der Waals surface area contributed by atoms with E-state index < -0.39 is 11.0 Å². The number of benzene rings is 2. The second-order valence-corrected chi connectivity index (χ2v) is 8.30. The number of aromatic nitrogens is 2. The molecule has 0 radical (unpaired) electrons. The molecule has 1 saturated heterocycles. The number of anilines is 1. The molecule has 3 aromatic rings. The number of nitro groups is 1. The molecule has 1 aromatic heterocycles. The number of hydrogen-bond acceptors (Lipinski definition) is 6. The zero-order valence-electron chi connectivity index (χ0n) is 19.2. The standard InChI is InChI=1S/C24H26N6O4/c1-15-9-10-19(30(33)34)13-20(15)26-21(31)14-28-12-11-25-24(32)23(28)22-16(2)27-29(17(22)3)18-7-5-4-6-8-18/h4-10,13,23H,11-12,14H2,1-3H3,(H,25,32)(H,26,31). The average Bonchev–Trinajstić information content (AvgIpc) is 3.09. The van der Waals surface area contributed by atoms with Crippen molar-refractivity contribution in [2.24, 2.45) is 0 Å². The van der Waals surface area contributed by atoms with Gasteiger partial charge in [-0.1, -0.05) is 24.3 Å². The lowest BCUT2D eigenvalue weighted by Crippen LogP contribution is -2.52. The first-order valence-corrected chi connectivity index (χ1v) is 10.9. The number of carbonyl (C=O) groups is 2. The van der Waals surface area contributed by atoms with E-state index in [0.29, 0.717) is 30.0 Å². The Kier molecular flexibility index (Phi) is 6.42. The number of nitrogens with zero attached hydrogens (tertiary/aromatic N) is 4. The van der Waals surface area contributed by atoms with Crippen LogP contribution in [-0.2, 0) is 9.59 Å². The minimum absolute atomic E-state index is 0.0460. The number of carbonyl (C=O) groups excluding carboxylic acids is 2. The van der Waals surface area contributed by atoms with E-state index in [1.807, 2.05) is 49.1 Å². The van der Waals surface area contributed by atoms with Gasteiger partial charge in [-0.25, -0.2) is 4.68 Å². The highest BCUT2D eigenvalue weighted by atomic mass is 16.6. The normalized spacial score (nSPS) is 16.2. The van der Waals surface area contributed by atoms with E-state index in [4.69, 9.17) is 0 Å². The molecule has 1 fully saturated rings. The number of nitro benzene ring substituents is 1. The van der Waals surface area contributed by atoms with Crippen LogP contribution in [0.4, 0.5) is 11.4 Å². The fourth-order valence-electron chi connectivity index (χ4n) is 4.30. The number of nitrogens with one attached hydrogen (secondary N) is 2. The van der Waals surface area contributed by atoms with Crippen molar-refractivity contribution < 1.29 is 14.5 Å². The molecular formula is C24H26N6O4. The van der Waals surface area contributed by atoms with E-state index in [1.54, 1.807) is 17.7 Å². The maximum Gasteiger partial charge on any atom is 0.271 e. The Labute approximate surface area is 196 Å². The Morgan fingerprint density at radius 2 is 1.94 bits per heavy atom. The first kappa shape index (κ1) is 23.1. The third kappa shape index (κ3) is 4.53. The fraction of sp³-hybridized carbons (Fsp3) is 0.292. The molecule has 1 atom stereocenters. The number of non-ortho nitro benzene ring substituents is 1. The molecule has 10 nitrogen and oxygen atoms in total. The fourth-order valence-corrected chi connectivity index (χ4v) is 4.30. The van der Waals surface area contributed by atoms with Gasteiger partial charge in [0.2, 0.25) is 11.8 Å². The highest BCUT2D eigenvalue weighted by Gasteiger charge is 2.36. The number of amides is 2. The van der Waals surface area contributed by atoms with Gasteiger partial charge in [-0.2, -0.15) is 5.10 Å². The third-order valence-corrected chi connectivity index (χ3v) is 5.99. The van der Waals surface area contributed by atoms with Gasteiger partial charge in [0, 0.05) is 36.5 Å². The zero-order valence-corrected chi connectivity index (χ0v) is 19.2. The van der Waals surface area contributed by atoms with E-state index in [0.717, 1.165) is 16.9 Å². The van der Waals surface area contributed by atoms with Crippen LogP contribution in [0.15, 0.2) is 48.5 Å². The van der Waals surface area contributed by atoms with Crippen molar-refractivity contribution in [3.63, 3.8) is 0 Å². The zero-order chi connectivity index (χ0) is 24.4. The van der Waals surface area contributed by atoms with Crippen LogP contribution in [0.1, 0.15) is 28.6 Å². The van der Waals surface area contributed by atoms with Gasteiger partial charge in [0.05, 0.1) is 28.5 Å². The molecule has 2 amide bonds. The monoisotopic (exact) mass is 462 g/mol. The summed E-state index contributed by atoms with van der Waals surface area (Å²) in [6, 6.07) is 13.3. The van der Waals surface area contributed by atoms with Crippen molar-refractivity contribution in [1.82, 2.24) is 20.0 Å². The number of piperazine rings is 1. The van der Waals surface area contributed by atoms with Crippen molar-refractivity contribution in [3.8, 4) is 5.69 Å². The van der Waals surface area contributed by atoms with Crippen molar-refractivity contribution in [1.29, 1.82) is 0 Å². The summed E-state index contributed by atoms with van der Waals surface area (Å²) in [6.07, 6.45) is 0. The lowest BCUT2D eigenvalue weighted by molar-refractivity contribution is -0.384. The van der Waals surface area contributed by atoms with Crippen molar-refractivity contribution >= 4 is 23.2 Å². The topological polar surface area (TPSA) is 122 Å². The minimum atomic E-state index is -0.678. The minimum Gasteiger partial charge on any atom is -0.353 e.